The van der Waals surface area contributed by atoms with E-state index in [1.54, 1.807) is 0 Å². The maximum atomic E-state index is 2.46. The minimum absolute atomic E-state index is 0.484. The molecule has 0 spiro atoms. The molecule has 4 heteroatoms. The van der Waals surface area contributed by atoms with Crippen molar-refractivity contribution in [2.75, 3.05) is 0 Å². The van der Waals surface area contributed by atoms with Crippen LogP contribution in [-0.4, -0.2) is 0 Å². The zero-order valence-electron chi connectivity index (χ0n) is 64.4. The molecule has 1 fully saturated rings. The van der Waals surface area contributed by atoms with Crippen LogP contribution in [0.5, 0.6) is 0 Å². The number of para-hydroxylation sites is 2. The molecule has 0 radical (unpaired) electrons. The number of pyridine rings is 4. The first kappa shape index (κ1) is 73.1. The zero-order valence-corrected chi connectivity index (χ0v) is 64.4. The molecular formula is C95H116N4+4. The average Bonchev–Trinajstić information content (AvgIpc) is 1.17. The lowest BCUT2D eigenvalue weighted by Crippen LogP contribution is -2.34. The topological polar surface area (TPSA) is 15.5 Å². The van der Waals surface area contributed by atoms with Crippen LogP contribution >= 0.6 is 0 Å². The molecule has 1 saturated carbocycles. The normalized spacial score (nSPS) is 12.6. The molecule has 13 rings (SSSR count). The first-order valence-corrected chi connectivity index (χ1v) is 37.3. The van der Waals surface area contributed by atoms with Gasteiger partial charge in [0.15, 0.2) is 0 Å². The summed E-state index contributed by atoms with van der Waals surface area (Å²) in [4.78, 5) is 0. The molecule has 0 N–H and O–H groups in total. The standard InChI is InChI=1S/C26H32N.3C23H28N/c1-18(2)16-22-10-7-11-25-23(22)14-15-26(27(25)4)24-17-21(13-12-19(24)3)20-8-5-6-9-20;1-15(2)19-8-7-17(5)21(13-19)22-12-11-18-9-10-20(16(3)4)14-23(18)24(22)6;1-15(2)18-12-11-17(5)21(13-18)23-14-20(16(3)4)19-9-7-8-10-22(19)24(23)6;1-15(2)18-12-11-17(5)21(13-18)23-20(16(3)4)14-19-9-7-8-10-22(19)24(23)6/h7,10-15,17-18,20H,5-6,8-9,16H2,1-4H3;3*7-16H,1-6H3/q4*+1. The van der Waals surface area contributed by atoms with Crippen molar-refractivity contribution >= 4 is 43.6 Å². The first-order valence-electron chi connectivity index (χ1n) is 37.3. The fraction of sp³-hybridized carbons (Fsp3) is 0.368. The van der Waals surface area contributed by atoms with Gasteiger partial charge in [0.05, 0.1) is 0 Å². The lowest BCUT2D eigenvalue weighted by molar-refractivity contribution is -0.634. The van der Waals surface area contributed by atoms with E-state index in [4.69, 9.17) is 0 Å². The minimum atomic E-state index is 0.484. The number of rotatable bonds is 13. The van der Waals surface area contributed by atoms with Gasteiger partial charge < -0.3 is 0 Å². The van der Waals surface area contributed by atoms with E-state index in [-0.39, 0.29) is 0 Å². The van der Waals surface area contributed by atoms with Crippen LogP contribution in [-0.2, 0) is 34.6 Å². The lowest BCUT2D eigenvalue weighted by atomic mass is 9.90. The van der Waals surface area contributed by atoms with Gasteiger partial charge in [0.1, 0.15) is 28.2 Å². The van der Waals surface area contributed by atoms with Crippen molar-refractivity contribution in [2.24, 2.45) is 34.1 Å². The summed E-state index contributed by atoms with van der Waals surface area (Å²) in [5.41, 5.74) is 32.7. The van der Waals surface area contributed by atoms with Gasteiger partial charge in [0.25, 0.3) is 0 Å². The third-order valence-corrected chi connectivity index (χ3v) is 21.4. The Labute approximate surface area is 596 Å². The van der Waals surface area contributed by atoms with Crippen molar-refractivity contribution in [3.8, 4) is 45.0 Å². The maximum Gasteiger partial charge on any atom is 0.216 e. The summed E-state index contributed by atoms with van der Waals surface area (Å²) in [6.07, 6.45) is 6.61. The molecule has 0 unspecified atom stereocenters. The molecule has 4 aromatic heterocycles. The highest BCUT2D eigenvalue weighted by molar-refractivity contribution is 5.85. The quantitative estimate of drug-likeness (QED) is 0.102. The number of hydrogen-bond acceptors (Lipinski definition) is 0. The number of fused-ring (bicyclic) bond motifs is 4. The second-order valence-corrected chi connectivity index (χ2v) is 31.2. The SMILES string of the molecule is Cc1ccc(C(C)C)cc1-c1c(C(C)C)cc2ccccc2[n+]1C.Cc1ccc(C(C)C)cc1-c1cc(C(C)C)c2ccccc2[n+]1C.Cc1ccc(C(C)C)cc1-c1ccc2ccc(C(C)C)cc2[n+]1C.Cc1ccc(C2CCCC2)cc1-c1ccc2c(CC(C)C)cccc2[n+]1C. The molecule has 0 atom stereocenters. The number of benzene rings is 8. The molecule has 0 aliphatic heterocycles. The molecule has 1 aliphatic carbocycles. The Bertz CT molecular complexity index is 4850. The summed E-state index contributed by atoms with van der Waals surface area (Å²) in [7, 11) is 8.79. The summed E-state index contributed by atoms with van der Waals surface area (Å²) in [5.74, 6) is 4.59. The zero-order chi connectivity index (χ0) is 71.3. The largest absolute Gasteiger partial charge is 0.216 e. The first-order chi connectivity index (χ1) is 47.2. The highest BCUT2D eigenvalue weighted by Crippen LogP contribution is 2.39. The summed E-state index contributed by atoms with van der Waals surface area (Å²) < 4.78 is 9.44. The summed E-state index contributed by atoms with van der Waals surface area (Å²) in [5, 5.41) is 5.35. The van der Waals surface area contributed by atoms with Crippen LogP contribution in [0.15, 0.2) is 194 Å². The molecule has 512 valence electrons. The van der Waals surface area contributed by atoms with E-state index >= 15 is 0 Å². The van der Waals surface area contributed by atoms with Gasteiger partial charge >= 0.3 is 0 Å². The van der Waals surface area contributed by atoms with E-state index in [0.717, 1.165) is 12.3 Å². The van der Waals surface area contributed by atoms with Crippen molar-refractivity contribution in [3.63, 3.8) is 0 Å². The molecule has 0 bridgehead atoms. The maximum absolute atomic E-state index is 2.46. The number of aryl methyl sites for hydroxylation is 8. The van der Waals surface area contributed by atoms with Crippen LogP contribution in [0.1, 0.15) is 231 Å². The molecule has 4 nitrogen and oxygen atoms in total. The summed E-state index contributed by atoms with van der Waals surface area (Å²) in [6, 6.07) is 72.7. The predicted molar refractivity (Wildman–Crippen MR) is 425 cm³/mol. The molecule has 1 aliphatic rings. The van der Waals surface area contributed by atoms with Gasteiger partial charge in [0.2, 0.25) is 44.8 Å². The van der Waals surface area contributed by atoms with Gasteiger partial charge in [-0.1, -0.05) is 201 Å². The van der Waals surface area contributed by atoms with Gasteiger partial charge in [-0.05, 0) is 216 Å². The van der Waals surface area contributed by atoms with Crippen LogP contribution in [0, 0.1) is 33.6 Å². The highest BCUT2D eigenvalue weighted by Gasteiger charge is 2.27. The third-order valence-electron chi connectivity index (χ3n) is 21.4. The second kappa shape index (κ2) is 31.7. The molecule has 8 aromatic carbocycles. The molecular weight excluding hydrogens is 1200 g/mol. The summed E-state index contributed by atoms with van der Waals surface area (Å²) >= 11 is 0. The highest BCUT2D eigenvalue weighted by atomic mass is 15.0. The van der Waals surface area contributed by atoms with Gasteiger partial charge in [-0.2, -0.15) is 18.3 Å². The van der Waals surface area contributed by atoms with Crippen molar-refractivity contribution in [1.29, 1.82) is 0 Å². The third kappa shape index (κ3) is 16.2. The Morgan fingerprint density at radius 2 is 0.768 bits per heavy atom. The molecule has 99 heavy (non-hydrogen) atoms. The number of nitrogens with zero attached hydrogens (tertiary/aromatic N) is 4. The summed E-state index contributed by atoms with van der Waals surface area (Å²) in [6.45, 7) is 40.7. The van der Waals surface area contributed by atoms with E-state index < -0.39 is 0 Å². The average molecular weight is 1310 g/mol. The van der Waals surface area contributed by atoms with Gasteiger partial charge in [0, 0.05) is 91.8 Å². The van der Waals surface area contributed by atoms with Crippen LogP contribution in [0.2, 0.25) is 0 Å². The van der Waals surface area contributed by atoms with Gasteiger partial charge in [-0.25, -0.2) is 0 Å². The second-order valence-electron chi connectivity index (χ2n) is 31.2. The predicted octanol–water partition coefficient (Wildman–Crippen LogP) is 24.2. The Morgan fingerprint density at radius 3 is 1.34 bits per heavy atom. The number of hydrogen-bond donors (Lipinski definition) is 0. The van der Waals surface area contributed by atoms with E-state index in [1.165, 1.54) is 181 Å². The van der Waals surface area contributed by atoms with Crippen LogP contribution < -0.4 is 18.3 Å². The van der Waals surface area contributed by atoms with Crippen LogP contribution in [0.25, 0.3) is 88.6 Å². The van der Waals surface area contributed by atoms with Gasteiger partial charge in [-0.15, -0.1) is 0 Å². The molecule has 12 aromatic rings. The van der Waals surface area contributed by atoms with E-state index in [2.05, 4.69) is 365 Å². The van der Waals surface area contributed by atoms with E-state index in [0.29, 0.717) is 41.4 Å². The monoisotopic (exact) mass is 1310 g/mol. The Morgan fingerprint density at radius 1 is 0.323 bits per heavy atom. The molecule has 0 amide bonds. The van der Waals surface area contributed by atoms with Crippen LogP contribution in [0.4, 0.5) is 0 Å². The Hall–Kier alpha value is -8.60. The fourth-order valence-electron chi connectivity index (χ4n) is 15.1. The number of aromatic nitrogens is 4. The van der Waals surface area contributed by atoms with E-state index in [1.807, 2.05) is 0 Å². The lowest BCUT2D eigenvalue weighted by Gasteiger charge is -2.16. The molecule has 0 saturated heterocycles. The van der Waals surface area contributed by atoms with Crippen molar-refractivity contribution in [2.45, 2.75) is 198 Å². The smallest absolute Gasteiger partial charge is 0.194 e. The Balaban J connectivity index is 0.000000143. The molecule has 4 heterocycles. The fourth-order valence-corrected chi connectivity index (χ4v) is 15.1. The minimum Gasteiger partial charge on any atom is -0.194 e. The van der Waals surface area contributed by atoms with Crippen molar-refractivity contribution in [1.82, 2.24) is 0 Å². The van der Waals surface area contributed by atoms with Crippen molar-refractivity contribution < 1.29 is 18.3 Å². The van der Waals surface area contributed by atoms with Crippen LogP contribution in [0.3, 0.4) is 0 Å². The van der Waals surface area contributed by atoms with Gasteiger partial charge in [-0.3, -0.25) is 0 Å². The van der Waals surface area contributed by atoms with E-state index in [9.17, 15) is 0 Å². The van der Waals surface area contributed by atoms with Crippen molar-refractivity contribution in [3.05, 3.63) is 261 Å². The Kier molecular flexibility index (Phi) is 23.4.